The van der Waals surface area contributed by atoms with Crippen LogP contribution in [0.15, 0.2) is 24.3 Å². The van der Waals surface area contributed by atoms with E-state index in [1.165, 1.54) is 6.42 Å². The van der Waals surface area contributed by atoms with Crippen molar-refractivity contribution in [2.45, 2.75) is 64.0 Å². The third-order valence-corrected chi connectivity index (χ3v) is 10.2. The number of halogens is 2. The molecule has 10 heteroatoms. The number of amides is 1. The number of piperazine rings is 1. The number of nitrogens with zero attached hydrogens (tertiary/aromatic N) is 5. The van der Waals surface area contributed by atoms with E-state index in [1.807, 2.05) is 34.7 Å². The molecule has 0 spiro atoms. The van der Waals surface area contributed by atoms with E-state index in [9.17, 15) is 14.9 Å². The average molecular weight is 546 g/mol. The van der Waals surface area contributed by atoms with Gasteiger partial charge in [-0.3, -0.25) is 9.69 Å². The standard InChI is InChI=1S/C27H33Cl2N5O3/c1-18-24(29)25(34(36)37)30-33(18)27-13-19-10-20(14-27)12-26(11-19,17-27)15-23(35)32-8-6-31(7-9-32)16-21-4-2-3-5-22(21)28/h2-5,19-20H,6-17H2,1H3. The minimum Gasteiger partial charge on any atom is -0.358 e. The zero-order valence-electron chi connectivity index (χ0n) is 21.2. The monoisotopic (exact) mass is 545 g/mol. The van der Waals surface area contributed by atoms with Gasteiger partial charge in [-0.2, -0.15) is 4.68 Å². The zero-order chi connectivity index (χ0) is 25.9. The van der Waals surface area contributed by atoms with Crippen LogP contribution in [0.3, 0.4) is 0 Å². The van der Waals surface area contributed by atoms with E-state index in [0.29, 0.717) is 24.0 Å². The Morgan fingerprint density at radius 1 is 1.11 bits per heavy atom. The van der Waals surface area contributed by atoms with Crippen LogP contribution in [0.1, 0.15) is 56.2 Å². The summed E-state index contributed by atoms with van der Waals surface area (Å²) in [7, 11) is 0. The topological polar surface area (TPSA) is 84.5 Å². The van der Waals surface area contributed by atoms with E-state index in [2.05, 4.69) is 16.1 Å². The molecule has 37 heavy (non-hydrogen) atoms. The summed E-state index contributed by atoms with van der Waals surface area (Å²) in [6, 6.07) is 7.94. The summed E-state index contributed by atoms with van der Waals surface area (Å²) in [6.45, 7) is 5.78. The highest BCUT2D eigenvalue weighted by atomic mass is 35.5. The van der Waals surface area contributed by atoms with Crippen LogP contribution >= 0.6 is 23.2 Å². The van der Waals surface area contributed by atoms with Crippen molar-refractivity contribution in [2.24, 2.45) is 17.3 Å². The molecule has 4 bridgehead atoms. The van der Waals surface area contributed by atoms with Crippen LogP contribution in [-0.2, 0) is 16.9 Å². The van der Waals surface area contributed by atoms with Gasteiger partial charge in [0.25, 0.3) is 0 Å². The summed E-state index contributed by atoms with van der Waals surface area (Å²) in [5.74, 6) is 1.05. The molecule has 4 aliphatic carbocycles. The number of aromatic nitrogens is 2. The predicted octanol–water partition coefficient (Wildman–Crippen LogP) is 5.44. The zero-order valence-corrected chi connectivity index (χ0v) is 22.7. The van der Waals surface area contributed by atoms with E-state index in [0.717, 1.165) is 75.4 Å². The van der Waals surface area contributed by atoms with Crippen LogP contribution in [0.4, 0.5) is 5.82 Å². The normalized spacial score (nSPS) is 31.2. The Balaban J connectivity index is 1.15. The van der Waals surface area contributed by atoms with Crippen LogP contribution in [0.2, 0.25) is 10.0 Å². The van der Waals surface area contributed by atoms with Gasteiger partial charge in [0.2, 0.25) is 5.91 Å². The van der Waals surface area contributed by atoms with Gasteiger partial charge in [-0.25, -0.2) is 0 Å². The smallest absolute Gasteiger partial charge is 0.358 e. The van der Waals surface area contributed by atoms with Crippen molar-refractivity contribution >= 4 is 34.9 Å². The molecule has 1 aliphatic heterocycles. The van der Waals surface area contributed by atoms with Gasteiger partial charge in [0, 0.05) is 44.2 Å². The second kappa shape index (κ2) is 9.24. The molecule has 2 heterocycles. The number of nitro groups is 1. The summed E-state index contributed by atoms with van der Waals surface area (Å²) in [4.78, 5) is 29.0. The molecule has 4 saturated carbocycles. The fourth-order valence-electron chi connectivity index (χ4n) is 8.36. The lowest BCUT2D eigenvalue weighted by Gasteiger charge is -2.61. The molecule has 5 fully saturated rings. The molecule has 2 aromatic rings. The highest BCUT2D eigenvalue weighted by molar-refractivity contribution is 6.33. The fraction of sp³-hybridized carbons (Fsp3) is 0.630. The number of carbonyl (C=O) groups excluding carboxylic acids is 1. The molecular formula is C27H33Cl2N5O3. The summed E-state index contributed by atoms with van der Waals surface area (Å²) in [6.07, 6.45) is 6.67. The molecule has 5 aliphatic rings. The SMILES string of the molecule is Cc1c(Cl)c([N+](=O)[O-])nn1C12CC3CC(CC(CC(=O)N4CCN(Cc5ccccc5Cl)CC4)(C3)C1)C2. The Labute approximate surface area is 227 Å². The van der Waals surface area contributed by atoms with Crippen molar-refractivity contribution in [1.29, 1.82) is 0 Å². The average Bonchev–Trinajstić information content (AvgIpc) is 3.15. The van der Waals surface area contributed by atoms with Crippen molar-refractivity contribution < 1.29 is 9.72 Å². The minimum absolute atomic E-state index is 0.0600. The third kappa shape index (κ3) is 4.45. The number of rotatable bonds is 6. The minimum atomic E-state index is -0.489. The number of hydrogen-bond donors (Lipinski definition) is 0. The van der Waals surface area contributed by atoms with Gasteiger partial charge in [-0.05, 0) is 79.3 Å². The lowest BCUT2D eigenvalue weighted by molar-refractivity contribution is -0.389. The fourth-order valence-corrected chi connectivity index (χ4v) is 8.74. The third-order valence-electron chi connectivity index (χ3n) is 9.40. The Morgan fingerprint density at radius 3 is 2.41 bits per heavy atom. The maximum absolute atomic E-state index is 13.6. The van der Waals surface area contributed by atoms with E-state index in [-0.39, 0.29) is 27.7 Å². The summed E-state index contributed by atoms with van der Waals surface area (Å²) in [5.41, 5.74) is 1.46. The first-order valence-corrected chi connectivity index (χ1v) is 14.1. The maximum atomic E-state index is 13.6. The second-order valence-corrected chi connectivity index (χ2v) is 12.8. The van der Waals surface area contributed by atoms with Crippen molar-refractivity contribution in [3.8, 4) is 0 Å². The van der Waals surface area contributed by atoms with Crippen LogP contribution in [0.5, 0.6) is 0 Å². The van der Waals surface area contributed by atoms with Crippen LogP contribution in [-0.4, -0.2) is 56.6 Å². The van der Waals surface area contributed by atoms with Crippen molar-refractivity contribution in [3.63, 3.8) is 0 Å². The van der Waals surface area contributed by atoms with Gasteiger partial charge in [0.05, 0.1) is 16.3 Å². The number of benzene rings is 1. The largest absolute Gasteiger partial charge is 0.408 e. The Kier molecular flexibility index (Phi) is 6.28. The van der Waals surface area contributed by atoms with Gasteiger partial charge in [0.1, 0.15) is 0 Å². The summed E-state index contributed by atoms with van der Waals surface area (Å²) >= 11 is 12.7. The number of carbonyl (C=O) groups is 1. The Morgan fingerprint density at radius 2 is 1.78 bits per heavy atom. The lowest BCUT2D eigenvalue weighted by Crippen LogP contribution is -2.58. The Bertz CT molecular complexity index is 1220. The second-order valence-electron chi connectivity index (χ2n) is 12.0. The first-order valence-electron chi connectivity index (χ1n) is 13.3. The van der Waals surface area contributed by atoms with E-state index >= 15 is 0 Å². The van der Waals surface area contributed by atoms with Crippen molar-refractivity contribution in [3.05, 3.63) is 55.7 Å². The first-order chi connectivity index (χ1) is 17.7. The molecular weight excluding hydrogens is 513 g/mol. The summed E-state index contributed by atoms with van der Waals surface area (Å²) in [5, 5.41) is 16.9. The highest BCUT2D eigenvalue weighted by Crippen LogP contribution is 2.65. The van der Waals surface area contributed by atoms with Crippen molar-refractivity contribution in [2.75, 3.05) is 26.2 Å². The number of hydrogen-bond acceptors (Lipinski definition) is 5. The molecule has 1 aromatic carbocycles. The van der Waals surface area contributed by atoms with Gasteiger partial charge >= 0.3 is 5.82 Å². The first kappa shape index (κ1) is 25.1. The molecule has 8 nitrogen and oxygen atoms in total. The van der Waals surface area contributed by atoms with E-state index in [4.69, 9.17) is 23.2 Å². The molecule has 7 rings (SSSR count). The maximum Gasteiger partial charge on any atom is 0.408 e. The molecule has 2 atom stereocenters. The summed E-state index contributed by atoms with van der Waals surface area (Å²) < 4.78 is 1.87. The van der Waals surface area contributed by atoms with Gasteiger partial charge in [-0.1, -0.05) is 41.4 Å². The van der Waals surface area contributed by atoms with Crippen molar-refractivity contribution in [1.82, 2.24) is 19.6 Å². The van der Waals surface area contributed by atoms with Crippen LogP contribution in [0, 0.1) is 34.3 Å². The molecule has 2 unspecified atom stereocenters. The molecule has 1 amide bonds. The van der Waals surface area contributed by atoms with Gasteiger partial charge in [-0.15, -0.1) is 0 Å². The predicted molar refractivity (Wildman–Crippen MR) is 142 cm³/mol. The molecule has 1 aromatic heterocycles. The molecule has 0 radical (unpaired) electrons. The van der Waals surface area contributed by atoms with E-state index in [1.54, 1.807) is 0 Å². The lowest BCUT2D eigenvalue weighted by atomic mass is 9.46. The van der Waals surface area contributed by atoms with Crippen LogP contribution < -0.4 is 0 Å². The quantitative estimate of drug-likeness (QED) is 0.356. The van der Waals surface area contributed by atoms with E-state index < -0.39 is 4.92 Å². The Hall–Kier alpha value is -2.16. The van der Waals surface area contributed by atoms with Crippen LogP contribution in [0.25, 0.3) is 0 Å². The molecule has 1 saturated heterocycles. The van der Waals surface area contributed by atoms with Gasteiger partial charge in [0.15, 0.2) is 5.02 Å². The molecule has 198 valence electrons. The highest BCUT2D eigenvalue weighted by Gasteiger charge is 2.61. The molecule has 0 N–H and O–H groups in total. The van der Waals surface area contributed by atoms with Gasteiger partial charge < -0.3 is 15.0 Å².